The second kappa shape index (κ2) is 4.67. The Morgan fingerprint density at radius 1 is 1.29 bits per heavy atom. The first-order valence-corrected chi connectivity index (χ1v) is 8.41. The van der Waals surface area contributed by atoms with Gasteiger partial charge in [0.15, 0.2) is 0 Å². The molecule has 0 saturated heterocycles. The van der Waals surface area contributed by atoms with Gasteiger partial charge < -0.3 is 0 Å². The smallest absolute Gasteiger partial charge is 0.269 e. The Bertz CT molecular complexity index is 858. The van der Waals surface area contributed by atoms with Crippen LogP contribution in [0.1, 0.15) is 21.7 Å². The number of fused-ring (bicyclic) bond motifs is 1. The van der Waals surface area contributed by atoms with Crippen LogP contribution in [0.2, 0.25) is 0 Å². The quantitative estimate of drug-likeness (QED) is 0.809. The molecule has 21 heavy (non-hydrogen) atoms. The van der Waals surface area contributed by atoms with Gasteiger partial charge in [-0.15, -0.1) is 0 Å². The summed E-state index contributed by atoms with van der Waals surface area (Å²) >= 11 is 3.38. The van der Waals surface area contributed by atoms with Crippen LogP contribution in [0, 0.1) is 6.92 Å². The second-order valence-electron chi connectivity index (χ2n) is 4.78. The minimum absolute atomic E-state index is 0.0478. The third-order valence-electron chi connectivity index (χ3n) is 3.47. The van der Waals surface area contributed by atoms with E-state index in [-0.39, 0.29) is 17.0 Å². The fourth-order valence-corrected chi connectivity index (χ4v) is 4.37. The number of amides is 1. The van der Waals surface area contributed by atoms with Crippen molar-refractivity contribution in [2.24, 2.45) is 7.05 Å². The van der Waals surface area contributed by atoms with E-state index < -0.39 is 15.9 Å². The topological polar surface area (TPSA) is 72.3 Å². The fraction of sp³-hybridized carbons (Fsp3) is 0.231. The van der Waals surface area contributed by atoms with Crippen LogP contribution >= 0.6 is 15.9 Å². The minimum atomic E-state index is -3.80. The molecule has 1 aromatic carbocycles. The van der Waals surface area contributed by atoms with Crippen LogP contribution in [0.5, 0.6) is 0 Å². The molecule has 2 aromatic rings. The molecule has 0 saturated carbocycles. The molecule has 2 heterocycles. The number of aromatic nitrogens is 2. The summed E-state index contributed by atoms with van der Waals surface area (Å²) < 4.78 is 28.2. The highest BCUT2D eigenvalue weighted by atomic mass is 79.9. The molecule has 3 rings (SSSR count). The van der Waals surface area contributed by atoms with Gasteiger partial charge >= 0.3 is 0 Å². The van der Waals surface area contributed by atoms with Crippen molar-refractivity contribution in [3.8, 4) is 0 Å². The molecular weight excluding hydrogens is 358 g/mol. The zero-order chi connectivity index (χ0) is 15.4. The first-order valence-electron chi connectivity index (χ1n) is 6.18. The van der Waals surface area contributed by atoms with Crippen molar-refractivity contribution in [3.63, 3.8) is 0 Å². The zero-order valence-electron chi connectivity index (χ0n) is 11.4. The van der Waals surface area contributed by atoms with Crippen molar-refractivity contribution < 1.29 is 13.2 Å². The summed E-state index contributed by atoms with van der Waals surface area (Å²) in [6.45, 7) is 1.76. The maximum Gasteiger partial charge on any atom is 0.269 e. The van der Waals surface area contributed by atoms with Gasteiger partial charge in [-0.25, -0.2) is 12.7 Å². The maximum atomic E-state index is 12.5. The lowest BCUT2D eigenvalue weighted by atomic mass is 10.2. The molecule has 6 nitrogen and oxygen atoms in total. The van der Waals surface area contributed by atoms with Gasteiger partial charge in [-0.2, -0.15) is 5.10 Å². The molecule has 0 N–H and O–H groups in total. The number of aryl methyl sites for hydroxylation is 2. The first kappa shape index (κ1) is 14.3. The SMILES string of the molecule is Cc1nn(C)c(CN2C(=O)c3ccccc3S2(=O)=O)c1Br. The van der Waals surface area contributed by atoms with Crippen molar-refractivity contribution in [2.75, 3.05) is 0 Å². The summed E-state index contributed by atoms with van der Waals surface area (Å²) in [5, 5.41) is 4.21. The van der Waals surface area contributed by atoms with Gasteiger partial charge in [0, 0.05) is 7.05 Å². The summed E-state index contributed by atoms with van der Waals surface area (Å²) in [6, 6.07) is 6.24. The van der Waals surface area contributed by atoms with E-state index in [1.54, 1.807) is 23.9 Å². The Kier molecular flexibility index (Phi) is 3.18. The van der Waals surface area contributed by atoms with E-state index in [1.165, 1.54) is 12.1 Å². The maximum absolute atomic E-state index is 12.5. The van der Waals surface area contributed by atoms with Crippen molar-refractivity contribution in [3.05, 3.63) is 45.7 Å². The monoisotopic (exact) mass is 369 g/mol. The number of hydrogen-bond acceptors (Lipinski definition) is 4. The van der Waals surface area contributed by atoms with Gasteiger partial charge in [0.05, 0.1) is 28.0 Å². The van der Waals surface area contributed by atoms with Crippen LogP contribution in [-0.4, -0.2) is 28.4 Å². The number of sulfonamides is 1. The number of carbonyl (C=O) groups excluding carboxylic acids is 1. The highest BCUT2D eigenvalue weighted by Crippen LogP contribution is 2.32. The predicted molar refractivity (Wildman–Crippen MR) is 79.1 cm³/mol. The summed E-state index contributed by atoms with van der Waals surface area (Å²) in [4.78, 5) is 12.4. The lowest BCUT2D eigenvalue weighted by Crippen LogP contribution is -2.30. The zero-order valence-corrected chi connectivity index (χ0v) is 13.8. The Morgan fingerprint density at radius 3 is 2.52 bits per heavy atom. The van der Waals surface area contributed by atoms with Crippen molar-refractivity contribution in [2.45, 2.75) is 18.4 Å². The fourth-order valence-electron chi connectivity index (χ4n) is 2.38. The summed E-state index contributed by atoms with van der Waals surface area (Å²) in [6.07, 6.45) is 0. The highest BCUT2D eigenvalue weighted by molar-refractivity contribution is 9.10. The van der Waals surface area contributed by atoms with Crippen molar-refractivity contribution >= 4 is 31.9 Å². The predicted octanol–water partition coefficient (Wildman–Crippen LogP) is 1.84. The van der Waals surface area contributed by atoms with E-state index in [0.29, 0.717) is 10.2 Å². The van der Waals surface area contributed by atoms with Gasteiger partial charge in [0.25, 0.3) is 15.9 Å². The molecule has 0 aliphatic carbocycles. The van der Waals surface area contributed by atoms with Crippen LogP contribution in [0.3, 0.4) is 0 Å². The molecule has 1 aliphatic heterocycles. The molecule has 110 valence electrons. The lowest BCUT2D eigenvalue weighted by molar-refractivity contribution is 0.0863. The number of benzene rings is 1. The van der Waals surface area contributed by atoms with Gasteiger partial charge in [0.2, 0.25) is 0 Å². The Balaban J connectivity index is 2.08. The molecule has 0 spiro atoms. The summed E-state index contributed by atoms with van der Waals surface area (Å²) in [7, 11) is -2.08. The first-order chi connectivity index (χ1) is 9.84. The Hall–Kier alpha value is -1.67. The van der Waals surface area contributed by atoms with Gasteiger partial charge in [-0.1, -0.05) is 12.1 Å². The third-order valence-corrected chi connectivity index (χ3v) is 6.29. The average Bonchev–Trinajstić information content (AvgIpc) is 2.79. The van der Waals surface area contributed by atoms with Crippen molar-refractivity contribution in [1.82, 2.24) is 14.1 Å². The largest absolute Gasteiger partial charge is 0.269 e. The van der Waals surface area contributed by atoms with Crippen molar-refractivity contribution in [1.29, 1.82) is 0 Å². The van der Waals surface area contributed by atoms with Gasteiger partial charge in [0.1, 0.15) is 4.90 Å². The van der Waals surface area contributed by atoms with Crippen LogP contribution in [0.4, 0.5) is 0 Å². The molecule has 0 atom stereocenters. The average molecular weight is 370 g/mol. The minimum Gasteiger partial charge on any atom is -0.269 e. The number of hydrogen-bond donors (Lipinski definition) is 0. The van der Waals surface area contributed by atoms with E-state index >= 15 is 0 Å². The van der Waals surface area contributed by atoms with Gasteiger partial charge in [-0.3, -0.25) is 9.48 Å². The van der Waals surface area contributed by atoms with E-state index in [2.05, 4.69) is 21.0 Å². The van der Waals surface area contributed by atoms with Crippen LogP contribution in [0.25, 0.3) is 0 Å². The number of nitrogens with zero attached hydrogens (tertiary/aromatic N) is 3. The van der Waals surface area contributed by atoms with Gasteiger partial charge in [-0.05, 0) is 35.0 Å². The molecule has 1 aliphatic rings. The molecule has 8 heteroatoms. The Morgan fingerprint density at radius 2 is 1.95 bits per heavy atom. The lowest BCUT2D eigenvalue weighted by Gasteiger charge is -2.15. The van der Waals surface area contributed by atoms with E-state index in [9.17, 15) is 13.2 Å². The van der Waals surface area contributed by atoms with Crippen LogP contribution in [-0.2, 0) is 23.6 Å². The molecule has 0 radical (unpaired) electrons. The molecule has 1 aromatic heterocycles. The summed E-state index contributed by atoms with van der Waals surface area (Å²) in [5.41, 5.74) is 1.60. The molecule has 0 fully saturated rings. The van der Waals surface area contributed by atoms with E-state index in [0.717, 1.165) is 10.00 Å². The molecule has 0 unspecified atom stereocenters. The molecule has 0 bridgehead atoms. The normalized spacial score (nSPS) is 16.3. The standard InChI is InChI=1S/C13H12BrN3O3S/c1-8-12(14)10(16(2)15-8)7-17-13(18)9-5-3-4-6-11(9)21(17,19)20/h3-6H,7H2,1-2H3. The molecule has 1 amide bonds. The summed E-state index contributed by atoms with van der Waals surface area (Å²) in [5.74, 6) is -0.503. The number of carbonyl (C=O) groups is 1. The van der Waals surface area contributed by atoms with Crippen LogP contribution in [0.15, 0.2) is 33.6 Å². The number of rotatable bonds is 2. The van der Waals surface area contributed by atoms with E-state index in [4.69, 9.17) is 0 Å². The Labute approximate surface area is 130 Å². The molecular formula is C13H12BrN3O3S. The number of halogens is 1. The third kappa shape index (κ3) is 2.01. The highest BCUT2D eigenvalue weighted by Gasteiger charge is 2.41. The second-order valence-corrected chi connectivity index (χ2v) is 7.41. The van der Waals surface area contributed by atoms with Crippen LogP contribution < -0.4 is 0 Å². The van der Waals surface area contributed by atoms with E-state index in [1.807, 2.05) is 6.92 Å².